The molecule has 25 heavy (non-hydrogen) atoms. The molecule has 0 radical (unpaired) electrons. The molecule has 1 heterocycles. The number of rotatable bonds is 8. The van der Waals surface area contributed by atoms with E-state index in [0.717, 1.165) is 18.2 Å². The van der Waals surface area contributed by atoms with Crippen molar-refractivity contribution in [3.63, 3.8) is 0 Å². The van der Waals surface area contributed by atoms with Crippen molar-refractivity contribution in [3.8, 4) is 0 Å². The number of ether oxygens (including phenoxy) is 1. The number of carbonyl (C=O) groups is 1. The van der Waals surface area contributed by atoms with Gasteiger partial charge in [0.1, 0.15) is 10.7 Å². The van der Waals surface area contributed by atoms with Gasteiger partial charge < -0.3 is 14.5 Å². The minimum atomic E-state index is -3.92. The van der Waals surface area contributed by atoms with Crippen LogP contribution < -0.4 is 10.0 Å². The number of carbonyl (C=O) groups excluding carboxylic acids is 1. The summed E-state index contributed by atoms with van der Waals surface area (Å²) in [6.07, 6.45) is 1.36. The summed E-state index contributed by atoms with van der Waals surface area (Å²) in [6, 6.07) is 4.58. The van der Waals surface area contributed by atoms with E-state index in [1.807, 2.05) is 0 Å². The van der Waals surface area contributed by atoms with Crippen LogP contribution in [0.2, 0.25) is 5.02 Å². The van der Waals surface area contributed by atoms with Gasteiger partial charge in [-0.3, -0.25) is 4.79 Å². The van der Waals surface area contributed by atoms with Gasteiger partial charge in [0.15, 0.2) is 5.76 Å². The molecule has 2 aromatic rings. The molecular weight excluding hydrogens is 375 g/mol. The largest absolute Gasteiger partial charge is 0.459 e. The fourth-order valence-electron chi connectivity index (χ4n) is 2.02. The Kier molecular flexibility index (Phi) is 6.54. The number of methoxy groups -OCH3 is 1. The van der Waals surface area contributed by atoms with Gasteiger partial charge in [0.05, 0.1) is 17.9 Å². The molecule has 1 amide bonds. The normalized spacial score (nSPS) is 11.5. The zero-order valence-electron chi connectivity index (χ0n) is 13.2. The van der Waals surface area contributed by atoms with Gasteiger partial charge in [-0.05, 0) is 24.3 Å². The van der Waals surface area contributed by atoms with E-state index in [2.05, 4.69) is 10.0 Å². The zero-order chi connectivity index (χ0) is 18.4. The van der Waals surface area contributed by atoms with Gasteiger partial charge in [-0.25, -0.2) is 17.5 Å². The summed E-state index contributed by atoms with van der Waals surface area (Å²) in [5.74, 6) is -1.02. The van der Waals surface area contributed by atoms with Crippen molar-refractivity contribution in [2.24, 2.45) is 0 Å². The minimum Gasteiger partial charge on any atom is -0.459 e. The summed E-state index contributed by atoms with van der Waals surface area (Å²) in [7, 11) is -2.43. The second-order valence-electron chi connectivity index (χ2n) is 4.94. The van der Waals surface area contributed by atoms with Gasteiger partial charge in [0, 0.05) is 25.8 Å². The van der Waals surface area contributed by atoms with Gasteiger partial charge in [0.2, 0.25) is 10.0 Å². The highest BCUT2D eigenvalue weighted by molar-refractivity contribution is 7.89. The predicted octanol–water partition coefficient (Wildman–Crippen LogP) is 1.93. The standard InChI is InChI=1S/C15H16ClFN2O5S/c1-23-9-10-4-7-24-14(10)15(20)18-5-6-19-25(21,22)13-3-2-11(17)8-12(13)16/h2-4,7-8,19H,5-6,9H2,1H3,(H,18,20). The van der Waals surface area contributed by atoms with Gasteiger partial charge in [-0.15, -0.1) is 0 Å². The zero-order valence-corrected chi connectivity index (χ0v) is 14.8. The highest BCUT2D eigenvalue weighted by atomic mass is 35.5. The lowest BCUT2D eigenvalue weighted by Gasteiger charge is -2.09. The number of halogens is 2. The number of nitrogens with one attached hydrogen (secondary N) is 2. The third kappa shape index (κ3) is 5.02. The molecular formula is C15H16ClFN2O5S. The average molecular weight is 391 g/mol. The summed E-state index contributed by atoms with van der Waals surface area (Å²) in [5, 5.41) is 2.30. The highest BCUT2D eigenvalue weighted by Gasteiger charge is 2.19. The first-order valence-corrected chi connectivity index (χ1v) is 8.99. The van der Waals surface area contributed by atoms with E-state index in [0.29, 0.717) is 5.56 Å². The van der Waals surface area contributed by atoms with Crippen molar-refractivity contribution in [1.29, 1.82) is 0 Å². The smallest absolute Gasteiger partial charge is 0.287 e. The molecule has 1 aromatic carbocycles. The van der Waals surface area contributed by atoms with E-state index in [9.17, 15) is 17.6 Å². The van der Waals surface area contributed by atoms with Crippen LogP contribution >= 0.6 is 11.6 Å². The topological polar surface area (TPSA) is 97.6 Å². The Morgan fingerprint density at radius 3 is 2.76 bits per heavy atom. The van der Waals surface area contributed by atoms with Crippen molar-refractivity contribution in [2.75, 3.05) is 20.2 Å². The molecule has 0 bridgehead atoms. The summed E-state index contributed by atoms with van der Waals surface area (Å²) in [4.78, 5) is 11.7. The predicted molar refractivity (Wildman–Crippen MR) is 88.4 cm³/mol. The molecule has 2 N–H and O–H groups in total. The summed E-state index contributed by atoms with van der Waals surface area (Å²) < 4.78 is 49.5. The first-order valence-electron chi connectivity index (χ1n) is 7.13. The average Bonchev–Trinajstić information content (AvgIpc) is 3.00. The second-order valence-corrected chi connectivity index (χ2v) is 7.08. The van der Waals surface area contributed by atoms with E-state index in [-0.39, 0.29) is 35.4 Å². The van der Waals surface area contributed by atoms with Gasteiger partial charge in [-0.1, -0.05) is 11.6 Å². The molecule has 0 saturated carbocycles. The van der Waals surface area contributed by atoms with Crippen molar-refractivity contribution in [1.82, 2.24) is 10.0 Å². The molecule has 0 saturated heterocycles. The second kappa shape index (κ2) is 8.43. The monoisotopic (exact) mass is 390 g/mol. The molecule has 0 unspecified atom stereocenters. The molecule has 0 aliphatic rings. The Bertz CT molecular complexity index is 853. The van der Waals surface area contributed by atoms with Crippen LogP contribution in [0.1, 0.15) is 16.1 Å². The first kappa shape index (κ1) is 19.4. The Morgan fingerprint density at radius 1 is 1.32 bits per heavy atom. The third-order valence-electron chi connectivity index (χ3n) is 3.14. The van der Waals surface area contributed by atoms with Crippen LogP contribution in [0.25, 0.3) is 0 Å². The summed E-state index contributed by atoms with van der Waals surface area (Å²) >= 11 is 5.74. The minimum absolute atomic E-state index is 0.0179. The molecule has 0 aliphatic carbocycles. The molecule has 0 aliphatic heterocycles. The highest BCUT2D eigenvalue weighted by Crippen LogP contribution is 2.21. The number of hydrogen-bond acceptors (Lipinski definition) is 5. The van der Waals surface area contributed by atoms with E-state index in [1.165, 1.54) is 13.4 Å². The molecule has 0 fully saturated rings. The summed E-state index contributed by atoms with van der Waals surface area (Å²) in [6.45, 7) is 0.154. The van der Waals surface area contributed by atoms with Crippen LogP contribution in [0.15, 0.2) is 39.8 Å². The maximum Gasteiger partial charge on any atom is 0.287 e. The van der Waals surface area contributed by atoms with Crippen molar-refractivity contribution >= 4 is 27.5 Å². The fraction of sp³-hybridized carbons (Fsp3) is 0.267. The van der Waals surface area contributed by atoms with Crippen LogP contribution in [-0.4, -0.2) is 34.5 Å². The molecule has 7 nitrogen and oxygen atoms in total. The van der Waals surface area contributed by atoms with Crippen molar-refractivity contribution in [2.45, 2.75) is 11.5 Å². The molecule has 10 heteroatoms. The van der Waals surface area contributed by atoms with E-state index in [4.69, 9.17) is 20.8 Å². The van der Waals surface area contributed by atoms with Crippen LogP contribution in [-0.2, 0) is 21.4 Å². The van der Waals surface area contributed by atoms with Crippen LogP contribution in [0, 0.1) is 5.82 Å². The van der Waals surface area contributed by atoms with E-state index < -0.39 is 21.7 Å². The Morgan fingerprint density at radius 2 is 2.08 bits per heavy atom. The van der Waals surface area contributed by atoms with E-state index >= 15 is 0 Å². The molecule has 0 spiro atoms. The van der Waals surface area contributed by atoms with Gasteiger partial charge in [0.25, 0.3) is 5.91 Å². The summed E-state index contributed by atoms with van der Waals surface area (Å²) in [5.41, 5.74) is 0.582. The number of benzene rings is 1. The molecule has 1 aromatic heterocycles. The number of furan rings is 1. The fourth-order valence-corrected chi connectivity index (χ4v) is 3.58. The maximum atomic E-state index is 13.0. The van der Waals surface area contributed by atoms with Crippen LogP contribution in [0.4, 0.5) is 4.39 Å². The van der Waals surface area contributed by atoms with E-state index in [1.54, 1.807) is 6.07 Å². The third-order valence-corrected chi connectivity index (χ3v) is 5.08. The number of amides is 1. The lowest BCUT2D eigenvalue weighted by molar-refractivity contribution is 0.0920. The maximum absolute atomic E-state index is 13.0. The molecule has 0 atom stereocenters. The molecule has 136 valence electrons. The van der Waals surface area contributed by atoms with Crippen molar-refractivity contribution in [3.05, 3.63) is 52.7 Å². The quantitative estimate of drug-likeness (QED) is 0.671. The Hall–Kier alpha value is -1.94. The Labute approximate surface area is 149 Å². The first-order chi connectivity index (χ1) is 11.8. The van der Waals surface area contributed by atoms with Crippen molar-refractivity contribution < 1.29 is 26.8 Å². The lowest BCUT2D eigenvalue weighted by atomic mass is 10.2. The molecule has 2 rings (SSSR count). The lowest BCUT2D eigenvalue weighted by Crippen LogP contribution is -2.35. The van der Waals surface area contributed by atoms with Gasteiger partial charge >= 0.3 is 0 Å². The van der Waals surface area contributed by atoms with Crippen LogP contribution in [0.5, 0.6) is 0 Å². The SMILES string of the molecule is COCc1ccoc1C(=O)NCCNS(=O)(=O)c1ccc(F)cc1Cl. The van der Waals surface area contributed by atoms with Gasteiger partial charge in [-0.2, -0.15) is 0 Å². The Balaban J connectivity index is 1.89. The number of sulfonamides is 1. The van der Waals surface area contributed by atoms with Crippen LogP contribution in [0.3, 0.4) is 0 Å². The number of hydrogen-bond donors (Lipinski definition) is 2.